The Morgan fingerprint density at radius 1 is 1.11 bits per heavy atom. The largest absolute Gasteiger partial charge is 0.497 e. The summed E-state index contributed by atoms with van der Waals surface area (Å²) in [4.78, 5) is 1.76. The third kappa shape index (κ3) is 3.32. The Hall–Kier alpha value is -1.43. The maximum Gasteiger partial charge on any atom is 0.394 e. The fourth-order valence-corrected chi connectivity index (χ4v) is 2.12. The maximum absolute atomic E-state index is 12.4. The van der Waals surface area contributed by atoms with E-state index < -0.39 is 12.1 Å². The molecule has 0 aromatic heterocycles. The summed E-state index contributed by atoms with van der Waals surface area (Å²) in [5, 5.41) is 0. The van der Waals surface area contributed by atoms with E-state index in [1.807, 2.05) is 12.1 Å². The molecule has 1 saturated heterocycles. The minimum atomic E-state index is -4.08. The Morgan fingerprint density at radius 2 is 1.63 bits per heavy atom. The van der Waals surface area contributed by atoms with Gasteiger partial charge in [-0.1, -0.05) is 0 Å². The fourth-order valence-electron chi connectivity index (χ4n) is 2.12. The number of rotatable bonds is 4. The molecule has 0 spiro atoms. The number of halogens is 3. The molecule has 1 fully saturated rings. The number of likely N-dealkylation sites (tertiary alicyclic amines) is 1. The third-order valence-corrected chi connectivity index (χ3v) is 3.24. The highest BCUT2D eigenvalue weighted by Crippen LogP contribution is 2.34. The SMILES string of the molecule is COc1cc(CN2CC(C(F)(F)F)C2)cc(OC)c1. The zero-order valence-corrected chi connectivity index (χ0v) is 10.8. The van der Waals surface area contributed by atoms with Gasteiger partial charge in [0.15, 0.2) is 0 Å². The molecule has 3 nitrogen and oxygen atoms in total. The van der Waals surface area contributed by atoms with Gasteiger partial charge in [-0.25, -0.2) is 0 Å². The van der Waals surface area contributed by atoms with Crippen LogP contribution in [0.5, 0.6) is 11.5 Å². The summed E-state index contributed by atoms with van der Waals surface area (Å²) < 4.78 is 47.4. The zero-order chi connectivity index (χ0) is 14.0. The lowest BCUT2D eigenvalue weighted by atomic mass is 9.98. The van der Waals surface area contributed by atoms with E-state index in [0.717, 1.165) is 5.56 Å². The van der Waals surface area contributed by atoms with Crippen molar-refractivity contribution in [2.75, 3.05) is 27.3 Å². The molecule has 1 aliphatic rings. The van der Waals surface area contributed by atoms with Crippen molar-refractivity contribution in [2.24, 2.45) is 5.92 Å². The molecule has 1 heterocycles. The highest BCUT2D eigenvalue weighted by Gasteiger charge is 2.46. The molecule has 0 atom stereocenters. The molecule has 0 radical (unpaired) electrons. The van der Waals surface area contributed by atoms with E-state index in [1.165, 1.54) is 0 Å². The van der Waals surface area contributed by atoms with Gasteiger partial charge in [-0.3, -0.25) is 4.90 Å². The molecule has 0 N–H and O–H groups in total. The highest BCUT2D eigenvalue weighted by molar-refractivity contribution is 5.38. The topological polar surface area (TPSA) is 21.7 Å². The minimum Gasteiger partial charge on any atom is -0.497 e. The van der Waals surface area contributed by atoms with Gasteiger partial charge >= 0.3 is 6.18 Å². The number of ether oxygens (including phenoxy) is 2. The zero-order valence-electron chi connectivity index (χ0n) is 10.8. The van der Waals surface area contributed by atoms with Crippen molar-refractivity contribution in [3.8, 4) is 11.5 Å². The lowest BCUT2D eigenvalue weighted by Crippen LogP contribution is -2.52. The first kappa shape index (κ1) is 14.0. The van der Waals surface area contributed by atoms with Gasteiger partial charge in [-0.05, 0) is 17.7 Å². The molecule has 106 valence electrons. The lowest BCUT2D eigenvalue weighted by Gasteiger charge is -2.40. The fraction of sp³-hybridized carbons (Fsp3) is 0.538. The van der Waals surface area contributed by atoms with Gasteiger partial charge in [0.1, 0.15) is 11.5 Å². The molecule has 6 heteroatoms. The van der Waals surface area contributed by atoms with Gasteiger partial charge in [0.25, 0.3) is 0 Å². The quantitative estimate of drug-likeness (QED) is 0.843. The van der Waals surface area contributed by atoms with Crippen LogP contribution in [0, 0.1) is 5.92 Å². The Labute approximate surface area is 109 Å². The predicted octanol–water partition coefficient (Wildman–Crippen LogP) is 2.70. The van der Waals surface area contributed by atoms with E-state index in [-0.39, 0.29) is 13.1 Å². The van der Waals surface area contributed by atoms with Crippen LogP contribution in [0.4, 0.5) is 13.2 Å². The third-order valence-electron chi connectivity index (χ3n) is 3.24. The first-order chi connectivity index (χ1) is 8.92. The Morgan fingerprint density at radius 3 is 2.05 bits per heavy atom. The molecule has 0 bridgehead atoms. The molecular formula is C13H16F3NO2. The molecule has 1 aromatic carbocycles. The number of methoxy groups -OCH3 is 2. The second-order valence-corrected chi connectivity index (χ2v) is 4.65. The Balaban J connectivity index is 1.97. The second kappa shape index (κ2) is 5.28. The number of alkyl halides is 3. The van der Waals surface area contributed by atoms with Crippen LogP contribution in [0.25, 0.3) is 0 Å². The van der Waals surface area contributed by atoms with Gasteiger partial charge in [-0.15, -0.1) is 0 Å². The number of benzene rings is 1. The molecule has 1 aromatic rings. The number of nitrogens with zero attached hydrogens (tertiary/aromatic N) is 1. The van der Waals surface area contributed by atoms with Gasteiger partial charge in [0.2, 0.25) is 0 Å². The Kier molecular flexibility index (Phi) is 3.89. The number of hydrogen-bond donors (Lipinski definition) is 0. The average molecular weight is 275 g/mol. The first-order valence-electron chi connectivity index (χ1n) is 5.93. The van der Waals surface area contributed by atoms with Crippen LogP contribution in [-0.2, 0) is 6.54 Å². The summed E-state index contributed by atoms with van der Waals surface area (Å²) in [7, 11) is 3.09. The van der Waals surface area contributed by atoms with Crippen molar-refractivity contribution in [2.45, 2.75) is 12.7 Å². The van der Waals surface area contributed by atoms with Crippen LogP contribution in [-0.4, -0.2) is 38.4 Å². The normalized spacial score (nSPS) is 17.1. The predicted molar refractivity (Wildman–Crippen MR) is 64.4 cm³/mol. The van der Waals surface area contributed by atoms with Crippen molar-refractivity contribution in [1.82, 2.24) is 4.90 Å². The van der Waals surface area contributed by atoms with Gasteiger partial charge in [0.05, 0.1) is 20.1 Å². The van der Waals surface area contributed by atoms with Gasteiger partial charge < -0.3 is 9.47 Å². The highest BCUT2D eigenvalue weighted by atomic mass is 19.4. The summed E-state index contributed by atoms with van der Waals surface area (Å²) in [5.74, 6) is 0.0875. The van der Waals surface area contributed by atoms with Crippen LogP contribution >= 0.6 is 0 Å². The van der Waals surface area contributed by atoms with E-state index in [0.29, 0.717) is 18.0 Å². The average Bonchev–Trinajstić information content (AvgIpc) is 2.31. The Bertz CT molecular complexity index is 420. The molecule has 0 saturated carbocycles. The summed E-state index contributed by atoms with van der Waals surface area (Å²) in [6.45, 7) is 0.589. The van der Waals surface area contributed by atoms with Crippen LogP contribution in [0.15, 0.2) is 18.2 Å². The van der Waals surface area contributed by atoms with Gasteiger partial charge in [0, 0.05) is 25.7 Å². The summed E-state index contributed by atoms with van der Waals surface area (Å²) in [6, 6.07) is 5.35. The molecule has 2 rings (SSSR count). The van der Waals surface area contributed by atoms with E-state index >= 15 is 0 Å². The van der Waals surface area contributed by atoms with E-state index in [9.17, 15) is 13.2 Å². The van der Waals surface area contributed by atoms with E-state index in [1.54, 1.807) is 25.2 Å². The minimum absolute atomic E-state index is 0.0586. The molecular weight excluding hydrogens is 259 g/mol. The van der Waals surface area contributed by atoms with Crippen LogP contribution in [0.3, 0.4) is 0 Å². The van der Waals surface area contributed by atoms with E-state index in [2.05, 4.69) is 0 Å². The van der Waals surface area contributed by atoms with E-state index in [4.69, 9.17) is 9.47 Å². The summed E-state index contributed by atoms with van der Waals surface area (Å²) in [5.41, 5.74) is 0.886. The summed E-state index contributed by atoms with van der Waals surface area (Å²) in [6.07, 6.45) is -4.08. The van der Waals surface area contributed by atoms with Crippen molar-refractivity contribution in [1.29, 1.82) is 0 Å². The van der Waals surface area contributed by atoms with Crippen LogP contribution in [0.2, 0.25) is 0 Å². The summed E-state index contributed by atoms with van der Waals surface area (Å²) >= 11 is 0. The van der Waals surface area contributed by atoms with Crippen molar-refractivity contribution in [3.63, 3.8) is 0 Å². The molecule has 0 unspecified atom stereocenters. The van der Waals surface area contributed by atoms with Crippen molar-refractivity contribution >= 4 is 0 Å². The number of hydrogen-bond acceptors (Lipinski definition) is 3. The van der Waals surface area contributed by atoms with Crippen molar-refractivity contribution < 1.29 is 22.6 Å². The maximum atomic E-state index is 12.4. The van der Waals surface area contributed by atoms with Crippen LogP contribution in [0.1, 0.15) is 5.56 Å². The lowest BCUT2D eigenvalue weighted by molar-refractivity contribution is -0.210. The smallest absolute Gasteiger partial charge is 0.394 e. The second-order valence-electron chi connectivity index (χ2n) is 4.65. The van der Waals surface area contributed by atoms with Crippen molar-refractivity contribution in [3.05, 3.63) is 23.8 Å². The monoisotopic (exact) mass is 275 g/mol. The molecule has 0 aliphatic carbocycles. The first-order valence-corrected chi connectivity index (χ1v) is 5.93. The van der Waals surface area contributed by atoms with Crippen LogP contribution < -0.4 is 9.47 Å². The molecule has 19 heavy (non-hydrogen) atoms. The molecule has 0 amide bonds. The standard InChI is InChI=1S/C13H16F3NO2/c1-18-11-3-9(4-12(5-11)19-2)6-17-7-10(8-17)13(14,15)16/h3-5,10H,6-8H2,1-2H3. The van der Waals surface area contributed by atoms with Gasteiger partial charge in [-0.2, -0.15) is 13.2 Å². The molecule has 1 aliphatic heterocycles.